The summed E-state index contributed by atoms with van der Waals surface area (Å²) in [5.41, 5.74) is 2.09. The first-order valence-electron chi connectivity index (χ1n) is 8.68. The number of aromatic amines is 1. The summed E-state index contributed by atoms with van der Waals surface area (Å²) in [4.78, 5) is 24.1. The van der Waals surface area contributed by atoms with Gasteiger partial charge < -0.3 is 4.98 Å². The molecule has 6 heteroatoms. The zero-order chi connectivity index (χ0) is 17.0. The Hall–Kier alpha value is -1.69. The monoisotopic (exact) mass is 371 g/mol. The van der Waals surface area contributed by atoms with Gasteiger partial charge in [0, 0.05) is 22.5 Å². The van der Waals surface area contributed by atoms with Crippen molar-refractivity contribution in [3.05, 3.63) is 61.3 Å². The van der Waals surface area contributed by atoms with Crippen molar-refractivity contribution in [1.29, 1.82) is 0 Å². The molecule has 128 valence electrons. The van der Waals surface area contributed by atoms with Gasteiger partial charge in [-0.2, -0.15) is 0 Å². The smallest absolute Gasteiger partial charge is 0.258 e. The molecule has 1 saturated carbocycles. The van der Waals surface area contributed by atoms with E-state index in [2.05, 4.69) is 26.3 Å². The Balaban J connectivity index is 1.50. The van der Waals surface area contributed by atoms with E-state index in [0.717, 1.165) is 24.7 Å². The lowest BCUT2D eigenvalue weighted by Crippen LogP contribution is -2.36. The second-order valence-electron chi connectivity index (χ2n) is 6.98. The van der Waals surface area contributed by atoms with Crippen molar-refractivity contribution in [2.45, 2.75) is 31.8 Å². The highest BCUT2D eigenvalue weighted by atomic mass is 35.5. The number of hydrogen-bond acceptors (Lipinski definition) is 4. The molecule has 3 aromatic rings. The summed E-state index contributed by atoms with van der Waals surface area (Å²) in [7, 11) is 0. The highest BCUT2D eigenvalue weighted by molar-refractivity contribution is 7.10. The van der Waals surface area contributed by atoms with Crippen molar-refractivity contribution in [3.63, 3.8) is 0 Å². The molecule has 5 rings (SSSR count). The number of aromatic nitrogens is 2. The summed E-state index contributed by atoms with van der Waals surface area (Å²) in [6, 6.07) is 8.04. The van der Waals surface area contributed by atoms with E-state index in [-0.39, 0.29) is 5.56 Å². The number of fused-ring (bicyclic) bond motifs is 2. The summed E-state index contributed by atoms with van der Waals surface area (Å²) >= 11 is 7.87. The van der Waals surface area contributed by atoms with Crippen LogP contribution in [0.1, 0.15) is 35.1 Å². The quantitative estimate of drug-likeness (QED) is 0.752. The van der Waals surface area contributed by atoms with Gasteiger partial charge in [0.1, 0.15) is 5.82 Å². The van der Waals surface area contributed by atoms with E-state index in [1.165, 1.54) is 23.3 Å². The fraction of sp³-hybridized carbons (Fsp3) is 0.368. The van der Waals surface area contributed by atoms with Gasteiger partial charge in [-0.15, -0.1) is 11.3 Å². The lowest BCUT2D eigenvalue weighted by atomic mass is 9.96. The highest BCUT2D eigenvalue weighted by Gasteiger charge is 2.40. The van der Waals surface area contributed by atoms with E-state index in [1.54, 1.807) is 12.1 Å². The standard InChI is InChI=1S/C19H18ClN3OS/c20-12-3-4-15-14(9-12)19(24)22-17(21-15)10-23-7-5-16-13(6-8-25-16)18(23)11-1-2-11/h3-4,6,8-9,11,18H,1-2,5,7,10H2,(H,21,22,24). The van der Waals surface area contributed by atoms with Crippen LogP contribution in [0.2, 0.25) is 5.02 Å². The van der Waals surface area contributed by atoms with Gasteiger partial charge in [0.25, 0.3) is 5.56 Å². The molecule has 4 nitrogen and oxygen atoms in total. The van der Waals surface area contributed by atoms with Gasteiger partial charge in [-0.1, -0.05) is 11.6 Å². The van der Waals surface area contributed by atoms with Crippen LogP contribution >= 0.6 is 22.9 Å². The zero-order valence-electron chi connectivity index (χ0n) is 13.7. The molecule has 0 radical (unpaired) electrons. The first-order valence-corrected chi connectivity index (χ1v) is 9.93. The normalized spacial score (nSPS) is 20.8. The van der Waals surface area contributed by atoms with Crippen LogP contribution in [0.5, 0.6) is 0 Å². The average molecular weight is 372 g/mol. The number of rotatable bonds is 3. The third-order valence-corrected chi connectivity index (χ3v) is 6.49. The second-order valence-corrected chi connectivity index (χ2v) is 8.41. The number of benzene rings is 1. The Morgan fingerprint density at radius 1 is 1.32 bits per heavy atom. The molecule has 1 aliphatic carbocycles. The minimum absolute atomic E-state index is 0.112. The maximum absolute atomic E-state index is 12.4. The van der Waals surface area contributed by atoms with Gasteiger partial charge >= 0.3 is 0 Å². The first-order chi connectivity index (χ1) is 12.2. The van der Waals surface area contributed by atoms with Gasteiger partial charge in [0.2, 0.25) is 0 Å². The molecule has 1 atom stereocenters. The van der Waals surface area contributed by atoms with Crippen LogP contribution in [0.25, 0.3) is 10.9 Å². The molecule has 1 unspecified atom stereocenters. The summed E-state index contributed by atoms with van der Waals surface area (Å²) in [6.07, 6.45) is 3.69. The predicted octanol–water partition coefficient (Wildman–Crippen LogP) is 4.15. The van der Waals surface area contributed by atoms with Gasteiger partial charge in [-0.25, -0.2) is 4.98 Å². The SMILES string of the molecule is O=c1[nH]c(CN2CCc3sccc3C2C2CC2)nc2ccc(Cl)cc12. The van der Waals surface area contributed by atoms with Crippen molar-refractivity contribution >= 4 is 33.8 Å². The fourth-order valence-corrected chi connectivity index (χ4v) is 5.05. The summed E-state index contributed by atoms with van der Waals surface area (Å²) in [5.74, 6) is 1.49. The summed E-state index contributed by atoms with van der Waals surface area (Å²) < 4.78 is 0. The molecule has 1 aliphatic heterocycles. The van der Waals surface area contributed by atoms with Crippen molar-refractivity contribution in [1.82, 2.24) is 14.9 Å². The summed E-state index contributed by atoms with van der Waals surface area (Å²) in [6.45, 7) is 1.71. The second kappa shape index (κ2) is 5.94. The van der Waals surface area contributed by atoms with Crippen molar-refractivity contribution in [3.8, 4) is 0 Å². The molecule has 0 amide bonds. The molecule has 1 N–H and O–H groups in total. The number of hydrogen-bond donors (Lipinski definition) is 1. The van der Waals surface area contributed by atoms with Crippen LogP contribution in [-0.4, -0.2) is 21.4 Å². The van der Waals surface area contributed by atoms with E-state index in [9.17, 15) is 4.79 Å². The largest absolute Gasteiger partial charge is 0.309 e. The van der Waals surface area contributed by atoms with E-state index in [1.807, 2.05) is 17.4 Å². The number of H-pyrrole nitrogens is 1. The lowest BCUT2D eigenvalue weighted by Gasteiger charge is -2.35. The van der Waals surface area contributed by atoms with Crippen LogP contribution in [0.4, 0.5) is 0 Å². The van der Waals surface area contributed by atoms with Crippen LogP contribution in [-0.2, 0) is 13.0 Å². The number of nitrogens with zero attached hydrogens (tertiary/aromatic N) is 2. The van der Waals surface area contributed by atoms with E-state index in [0.29, 0.717) is 28.5 Å². The van der Waals surface area contributed by atoms with Gasteiger partial charge in [0.15, 0.2) is 0 Å². The minimum Gasteiger partial charge on any atom is -0.309 e. The first kappa shape index (κ1) is 15.6. The number of halogens is 1. The lowest BCUT2D eigenvalue weighted by molar-refractivity contribution is 0.154. The van der Waals surface area contributed by atoms with E-state index < -0.39 is 0 Å². The van der Waals surface area contributed by atoms with E-state index in [4.69, 9.17) is 11.6 Å². The molecule has 1 aromatic carbocycles. The Morgan fingerprint density at radius 3 is 3.04 bits per heavy atom. The maximum atomic E-state index is 12.4. The minimum atomic E-state index is -0.112. The van der Waals surface area contributed by atoms with Crippen LogP contribution < -0.4 is 5.56 Å². The maximum Gasteiger partial charge on any atom is 0.258 e. The van der Waals surface area contributed by atoms with Crippen LogP contribution in [0.3, 0.4) is 0 Å². The summed E-state index contributed by atoms with van der Waals surface area (Å²) in [5, 5.41) is 3.32. The molecular weight excluding hydrogens is 354 g/mol. The molecule has 0 bridgehead atoms. The Morgan fingerprint density at radius 2 is 2.20 bits per heavy atom. The Bertz CT molecular complexity index is 1010. The van der Waals surface area contributed by atoms with Crippen molar-refractivity contribution < 1.29 is 0 Å². The Labute approximate surface area is 154 Å². The fourth-order valence-electron chi connectivity index (χ4n) is 3.97. The molecule has 0 saturated heterocycles. The molecule has 3 heterocycles. The number of thiophene rings is 1. The predicted molar refractivity (Wildman–Crippen MR) is 101 cm³/mol. The van der Waals surface area contributed by atoms with Gasteiger partial charge in [0.05, 0.1) is 17.4 Å². The highest BCUT2D eigenvalue weighted by Crippen LogP contribution is 2.48. The molecule has 2 aliphatic rings. The molecule has 0 spiro atoms. The average Bonchev–Trinajstić information content (AvgIpc) is 3.32. The molecule has 25 heavy (non-hydrogen) atoms. The van der Waals surface area contributed by atoms with E-state index >= 15 is 0 Å². The number of nitrogens with one attached hydrogen (secondary N) is 1. The van der Waals surface area contributed by atoms with Gasteiger partial charge in [-0.3, -0.25) is 9.69 Å². The zero-order valence-corrected chi connectivity index (χ0v) is 15.2. The third-order valence-electron chi connectivity index (χ3n) is 5.26. The topological polar surface area (TPSA) is 49.0 Å². The van der Waals surface area contributed by atoms with Crippen molar-refractivity contribution in [2.24, 2.45) is 5.92 Å². The molecular formula is C19H18ClN3OS. The Kier molecular flexibility index (Phi) is 3.69. The van der Waals surface area contributed by atoms with Gasteiger partial charge in [-0.05, 0) is 60.4 Å². The van der Waals surface area contributed by atoms with Crippen LogP contribution in [0, 0.1) is 5.92 Å². The van der Waals surface area contributed by atoms with Crippen LogP contribution in [0.15, 0.2) is 34.4 Å². The molecule has 1 fully saturated rings. The van der Waals surface area contributed by atoms with Crippen molar-refractivity contribution in [2.75, 3.05) is 6.54 Å². The third kappa shape index (κ3) is 2.80. The molecule has 2 aromatic heterocycles.